The van der Waals surface area contributed by atoms with Crippen LogP contribution in [0, 0.1) is 12.7 Å². The average Bonchev–Trinajstić information content (AvgIpc) is 2.62. The lowest BCUT2D eigenvalue weighted by Crippen LogP contribution is -2.11. The van der Waals surface area contributed by atoms with Gasteiger partial charge in [0, 0.05) is 19.9 Å². The number of Topliss-reactive ketones (excluding diaryl/α,β-unsaturated/α-hetero) is 1. The van der Waals surface area contributed by atoms with E-state index in [4.69, 9.17) is 11.6 Å². The molecule has 2 rings (SSSR count). The van der Waals surface area contributed by atoms with Crippen LogP contribution < -0.4 is 0 Å². The number of hydrogen-bond acceptors (Lipinski definition) is 2. The first-order valence-corrected chi connectivity index (χ1v) is 7.19. The van der Waals surface area contributed by atoms with E-state index in [0.29, 0.717) is 5.56 Å². The zero-order chi connectivity index (χ0) is 14.9. The van der Waals surface area contributed by atoms with Crippen LogP contribution in [0.1, 0.15) is 17.0 Å². The van der Waals surface area contributed by atoms with Gasteiger partial charge in [-0.05, 0) is 34.5 Å². The van der Waals surface area contributed by atoms with E-state index in [2.05, 4.69) is 21.0 Å². The summed E-state index contributed by atoms with van der Waals surface area (Å²) in [7, 11) is 1.78. The van der Waals surface area contributed by atoms with Gasteiger partial charge in [0.25, 0.3) is 0 Å². The molecule has 0 atom stereocenters. The number of halogens is 3. The van der Waals surface area contributed by atoms with Gasteiger partial charge in [0.05, 0.1) is 20.9 Å². The van der Waals surface area contributed by atoms with Crippen LogP contribution in [0.5, 0.6) is 0 Å². The van der Waals surface area contributed by atoms with E-state index in [1.165, 1.54) is 6.07 Å². The fourth-order valence-corrected chi connectivity index (χ4v) is 2.69. The lowest BCUT2D eigenvalue weighted by atomic mass is 10.1. The van der Waals surface area contributed by atoms with Gasteiger partial charge in [-0.15, -0.1) is 0 Å². The molecule has 0 spiro atoms. The molecule has 0 N–H and O–H groups in total. The lowest BCUT2D eigenvalue weighted by Gasteiger charge is -2.05. The molecule has 106 valence electrons. The van der Waals surface area contributed by atoms with Gasteiger partial charge in [-0.3, -0.25) is 9.48 Å². The molecule has 20 heavy (non-hydrogen) atoms. The molecule has 1 aromatic heterocycles. The number of aryl methyl sites for hydroxylation is 2. The fraction of sp³-hybridized carbons (Fsp3) is 0.286. The first-order chi connectivity index (χ1) is 9.40. The minimum absolute atomic E-state index is 0.0169. The molecule has 1 heterocycles. The van der Waals surface area contributed by atoms with Crippen LogP contribution in [0.25, 0.3) is 0 Å². The summed E-state index contributed by atoms with van der Waals surface area (Å²) in [6.45, 7) is 1.86. The Bertz CT molecular complexity index is 669. The molecule has 6 heteroatoms. The second-order valence-corrected chi connectivity index (χ2v) is 5.78. The van der Waals surface area contributed by atoms with Gasteiger partial charge in [-0.2, -0.15) is 5.10 Å². The van der Waals surface area contributed by atoms with Gasteiger partial charge in [0.2, 0.25) is 0 Å². The Hall–Kier alpha value is -1.20. The molecule has 0 fully saturated rings. The molecule has 0 amide bonds. The molecule has 0 aliphatic rings. The third kappa shape index (κ3) is 3.10. The van der Waals surface area contributed by atoms with Crippen LogP contribution in [0.4, 0.5) is 4.39 Å². The van der Waals surface area contributed by atoms with Crippen molar-refractivity contribution in [2.45, 2.75) is 19.8 Å². The maximum absolute atomic E-state index is 13.8. The summed E-state index contributed by atoms with van der Waals surface area (Å²) in [6.07, 6.45) is 0.215. The molecule has 3 nitrogen and oxygen atoms in total. The minimum atomic E-state index is -0.525. The van der Waals surface area contributed by atoms with Crippen LogP contribution in [0.15, 0.2) is 22.7 Å². The Morgan fingerprint density at radius 2 is 2.15 bits per heavy atom. The molecule has 0 saturated carbocycles. The average molecular weight is 360 g/mol. The molecule has 0 unspecified atom stereocenters. The van der Waals surface area contributed by atoms with E-state index in [1.54, 1.807) is 23.9 Å². The molecule has 0 aliphatic carbocycles. The maximum Gasteiger partial charge on any atom is 0.145 e. The normalized spacial score (nSPS) is 10.8. The molecule has 2 aromatic rings. The van der Waals surface area contributed by atoms with E-state index in [0.717, 1.165) is 15.9 Å². The number of carbonyl (C=O) groups is 1. The molecule has 0 aliphatic heterocycles. The Balaban J connectivity index is 2.15. The second-order valence-electron chi connectivity index (χ2n) is 4.57. The van der Waals surface area contributed by atoms with Crippen molar-refractivity contribution in [2.75, 3.05) is 0 Å². The molecule has 0 bridgehead atoms. The van der Waals surface area contributed by atoms with Crippen LogP contribution >= 0.6 is 27.5 Å². The highest BCUT2D eigenvalue weighted by Gasteiger charge is 2.16. The van der Waals surface area contributed by atoms with Crippen molar-refractivity contribution in [1.29, 1.82) is 0 Å². The minimum Gasteiger partial charge on any atom is -0.299 e. The highest BCUT2D eigenvalue weighted by Crippen LogP contribution is 2.22. The zero-order valence-corrected chi connectivity index (χ0v) is 13.4. The summed E-state index contributed by atoms with van der Waals surface area (Å²) in [5, 5.41) is 4.26. The standard InChI is InChI=1S/C14H13BrClFN2O/c1-8-13(15)12(19(2)18-8)7-10(20)6-9-4-3-5-11(16)14(9)17/h3-5H,6-7H2,1-2H3. The number of ketones is 1. The van der Waals surface area contributed by atoms with E-state index < -0.39 is 5.82 Å². The summed E-state index contributed by atoms with van der Waals surface area (Å²) < 4.78 is 16.2. The summed E-state index contributed by atoms with van der Waals surface area (Å²) in [6, 6.07) is 4.67. The maximum atomic E-state index is 13.8. The van der Waals surface area contributed by atoms with E-state index in [9.17, 15) is 9.18 Å². The van der Waals surface area contributed by atoms with E-state index in [1.807, 2.05) is 6.92 Å². The largest absolute Gasteiger partial charge is 0.299 e. The van der Waals surface area contributed by atoms with Gasteiger partial charge in [-0.25, -0.2) is 4.39 Å². The Morgan fingerprint density at radius 1 is 1.45 bits per heavy atom. The van der Waals surface area contributed by atoms with Crippen molar-refractivity contribution in [3.05, 3.63) is 50.5 Å². The topological polar surface area (TPSA) is 34.9 Å². The van der Waals surface area contributed by atoms with Crippen molar-refractivity contribution in [1.82, 2.24) is 9.78 Å². The number of benzene rings is 1. The number of aromatic nitrogens is 2. The van der Waals surface area contributed by atoms with Crippen LogP contribution in [0.2, 0.25) is 5.02 Å². The summed E-state index contributed by atoms with van der Waals surface area (Å²) in [5.41, 5.74) is 1.93. The van der Waals surface area contributed by atoms with Crippen molar-refractivity contribution in [2.24, 2.45) is 7.05 Å². The van der Waals surface area contributed by atoms with Gasteiger partial charge < -0.3 is 0 Å². The smallest absolute Gasteiger partial charge is 0.145 e. The molecule has 0 saturated heterocycles. The third-order valence-corrected chi connectivity index (χ3v) is 4.37. The zero-order valence-electron chi connectivity index (χ0n) is 11.1. The summed E-state index contributed by atoms with van der Waals surface area (Å²) in [5.74, 6) is -0.613. The Labute approximate surface area is 129 Å². The predicted molar refractivity (Wildman–Crippen MR) is 79.5 cm³/mol. The van der Waals surface area contributed by atoms with Gasteiger partial charge in [0.1, 0.15) is 11.6 Å². The monoisotopic (exact) mass is 358 g/mol. The first kappa shape index (κ1) is 15.2. The second kappa shape index (κ2) is 6.06. The quantitative estimate of drug-likeness (QED) is 0.835. The van der Waals surface area contributed by atoms with Crippen LogP contribution in [-0.2, 0) is 24.7 Å². The van der Waals surface area contributed by atoms with Crippen molar-refractivity contribution >= 4 is 33.3 Å². The van der Waals surface area contributed by atoms with Crippen molar-refractivity contribution < 1.29 is 9.18 Å². The van der Waals surface area contributed by atoms with Gasteiger partial charge >= 0.3 is 0 Å². The SMILES string of the molecule is Cc1nn(C)c(CC(=O)Cc2cccc(Cl)c2F)c1Br. The first-order valence-electron chi connectivity index (χ1n) is 6.02. The number of carbonyl (C=O) groups excluding carboxylic acids is 1. The number of hydrogen-bond donors (Lipinski definition) is 0. The van der Waals surface area contributed by atoms with Crippen LogP contribution in [-0.4, -0.2) is 15.6 Å². The Morgan fingerprint density at radius 3 is 2.75 bits per heavy atom. The van der Waals surface area contributed by atoms with Crippen molar-refractivity contribution in [3.63, 3.8) is 0 Å². The molecule has 0 radical (unpaired) electrons. The molecular weight excluding hydrogens is 347 g/mol. The molecule has 1 aromatic carbocycles. The highest BCUT2D eigenvalue weighted by molar-refractivity contribution is 9.10. The Kier molecular flexibility index (Phi) is 4.60. The summed E-state index contributed by atoms with van der Waals surface area (Å²) >= 11 is 9.11. The highest BCUT2D eigenvalue weighted by atomic mass is 79.9. The van der Waals surface area contributed by atoms with Gasteiger partial charge in [0.15, 0.2) is 0 Å². The fourth-order valence-electron chi connectivity index (χ4n) is 2.02. The predicted octanol–water partition coefficient (Wildman–Crippen LogP) is 3.64. The summed E-state index contributed by atoms with van der Waals surface area (Å²) in [4.78, 5) is 12.1. The lowest BCUT2D eigenvalue weighted by molar-refractivity contribution is -0.117. The molecular formula is C14H13BrClFN2O. The number of nitrogens with zero attached hydrogens (tertiary/aromatic N) is 2. The van der Waals surface area contributed by atoms with Gasteiger partial charge in [-0.1, -0.05) is 23.7 Å². The van der Waals surface area contributed by atoms with E-state index >= 15 is 0 Å². The third-order valence-electron chi connectivity index (χ3n) is 3.05. The van der Waals surface area contributed by atoms with Crippen LogP contribution in [0.3, 0.4) is 0 Å². The van der Waals surface area contributed by atoms with Crippen molar-refractivity contribution in [3.8, 4) is 0 Å². The number of rotatable bonds is 4. The van der Waals surface area contributed by atoms with E-state index in [-0.39, 0.29) is 23.6 Å².